The standard InChI is InChI=1S/C16H24N4O3/c1-15(2)9-11(10-16(3,4)19-15)17-14(21)18-12-7-5-6-8-13(12)20(22)23/h5-8,11,19H,9-10H2,1-4H3,(H2,17,18,21). The van der Waals surface area contributed by atoms with Gasteiger partial charge in [0.1, 0.15) is 5.69 Å². The number of para-hydroxylation sites is 2. The smallest absolute Gasteiger partial charge is 0.319 e. The summed E-state index contributed by atoms with van der Waals surface area (Å²) in [7, 11) is 0. The molecule has 126 valence electrons. The van der Waals surface area contributed by atoms with E-state index in [1.807, 2.05) is 0 Å². The highest BCUT2D eigenvalue weighted by Gasteiger charge is 2.38. The summed E-state index contributed by atoms with van der Waals surface area (Å²) in [4.78, 5) is 22.7. The Kier molecular flexibility index (Phi) is 4.61. The predicted molar refractivity (Wildman–Crippen MR) is 89.6 cm³/mol. The summed E-state index contributed by atoms with van der Waals surface area (Å²) < 4.78 is 0. The van der Waals surface area contributed by atoms with Crippen molar-refractivity contribution in [3.05, 3.63) is 34.4 Å². The van der Waals surface area contributed by atoms with Gasteiger partial charge in [-0.1, -0.05) is 12.1 Å². The molecule has 23 heavy (non-hydrogen) atoms. The number of carbonyl (C=O) groups is 1. The van der Waals surface area contributed by atoms with Gasteiger partial charge in [0.2, 0.25) is 0 Å². The van der Waals surface area contributed by atoms with Gasteiger partial charge >= 0.3 is 6.03 Å². The third-order valence-corrected chi connectivity index (χ3v) is 3.87. The molecular formula is C16H24N4O3. The van der Waals surface area contributed by atoms with E-state index in [0.29, 0.717) is 0 Å². The molecule has 1 aliphatic heterocycles. The van der Waals surface area contributed by atoms with Crippen molar-refractivity contribution in [3.8, 4) is 0 Å². The molecule has 0 aromatic heterocycles. The first kappa shape index (κ1) is 17.2. The van der Waals surface area contributed by atoms with E-state index in [9.17, 15) is 14.9 Å². The molecule has 2 amide bonds. The second-order valence-corrected chi connectivity index (χ2v) is 7.37. The van der Waals surface area contributed by atoms with Gasteiger partial charge in [0.05, 0.1) is 4.92 Å². The predicted octanol–water partition coefficient (Wildman–Crippen LogP) is 3.03. The molecule has 0 spiro atoms. The number of carbonyl (C=O) groups excluding carboxylic acids is 1. The van der Waals surface area contributed by atoms with E-state index in [2.05, 4.69) is 43.6 Å². The average molecular weight is 320 g/mol. The molecule has 0 saturated carbocycles. The first-order valence-electron chi connectivity index (χ1n) is 7.68. The molecule has 7 nitrogen and oxygen atoms in total. The summed E-state index contributed by atoms with van der Waals surface area (Å²) in [5.41, 5.74) is -0.0901. The van der Waals surface area contributed by atoms with Crippen LogP contribution in [-0.2, 0) is 0 Å². The maximum absolute atomic E-state index is 12.2. The number of nitro benzene ring substituents is 1. The monoisotopic (exact) mass is 320 g/mol. The number of anilines is 1. The van der Waals surface area contributed by atoms with Crippen molar-refractivity contribution in [2.45, 2.75) is 57.7 Å². The van der Waals surface area contributed by atoms with Gasteiger partial charge in [-0.15, -0.1) is 0 Å². The van der Waals surface area contributed by atoms with Crippen molar-refractivity contribution >= 4 is 17.4 Å². The molecule has 0 bridgehead atoms. The summed E-state index contributed by atoms with van der Waals surface area (Å²) >= 11 is 0. The Bertz CT molecular complexity index is 597. The SMILES string of the molecule is CC1(C)CC(NC(=O)Nc2ccccc2[N+](=O)[O-])CC(C)(C)N1. The summed E-state index contributed by atoms with van der Waals surface area (Å²) in [6.07, 6.45) is 1.58. The van der Waals surface area contributed by atoms with Gasteiger partial charge in [-0.3, -0.25) is 10.1 Å². The molecule has 1 saturated heterocycles. The van der Waals surface area contributed by atoms with Gasteiger partial charge in [-0.25, -0.2) is 4.79 Å². The van der Waals surface area contributed by atoms with Crippen molar-refractivity contribution < 1.29 is 9.72 Å². The lowest BCUT2D eigenvalue weighted by molar-refractivity contribution is -0.383. The maximum atomic E-state index is 12.2. The van der Waals surface area contributed by atoms with Crippen LogP contribution in [0, 0.1) is 10.1 Å². The van der Waals surface area contributed by atoms with Crippen molar-refractivity contribution in [1.82, 2.24) is 10.6 Å². The Morgan fingerprint density at radius 2 is 1.78 bits per heavy atom. The molecule has 0 aliphatic carbocycles. The van der Waals surface area contributed by atoms with E-state index in [-0.39, 0.29) is 28.5 Å². The third-order valence-electron chi connectivity index (χ3n) is 3.87. The lowest BCUT2D eigenvalue weighted by Gasteiger charge is -2.46. The van der Waals surface area contributed by atoms with Crippen molar-refractivity contribution in [3.63, 3.8) is 0 Å². The van der Waals surface area contributed by atoms with E-state index >= 15 is 0 Å². The lowest BCUT2D eigenvalue weighted by Crippen LogP contribution is -2.62. The highest BCUT2D eigenvalue weighted by atomic mass is 16.6. The van der Waals surface area contributed by atoms with Gasteiger partial charge in [0, 0.05) is 23.2 Å². The topological polar surface area (TPSA) is 96.3 Å². The fourth-order valence-corrected chi connectivity index (χ4v) is 3.51. The zero-order valence-corrected chi connectivity index (χ0v) is 14.0. The molecule has 0 atom stereocenters. The number of nitrogens with one attached hydrogen (secondary N) is 3. The van der Waals surface area contributed by atoms with Crippen molar-refractivity contribution in [1.29, 1.82) is 0 Å². The molecule has 1 heterocycles. The minimum absolute atomic E-state index is 0.00372. The third kappa shape index (κ3) is 4.66. The van der Waals surface area contributed by atoms with E-state index in [1.165, 1.54) is 12.1 Å². The van der Waals surface area contributed by atoms with Crippen LogP contribution in [0.1, 0.15) is 40.5 Å². The first-order chi connectivity index (χ1) is 10.6. The van der Waals surface area contributed by atoms with Crippen LogP contribution in [-0.4, -0.2) is 28.1 Å². The number of amides is 2. The van der Waals surface area contributed by atoms with E-state index < -0.39 is 11.0 Å². The molecule has 1 aromatic rings. The van der Waals surface area contributed by atoms with Crippen LogP contribution in [0.15, 0.2) is 24.3 Å². The quantitative estimate of drug-likeness (QED) is 0.589. The molecule has 2 rings (SSSR count). The number of nitrogens with zero attached hydrogens (tertiary/aromatic N) is 1. The normalized spacial score (nSPS) is 19.8. The second kappa shape index (κ2) is 6.16. The zero-order chi connectivity index (χ0) is 17.3. The van der Waals surface area contributed by atoms with E-state index in [0.717, 1.165) is 12.8 Å². The van der Waals surface area contributed by atoms with Crippen LogP contribution in [0.25, 0.3) is 0 Å². The van der Waals surface area contributed by atoms with Gasteiger partial charge < -0.3 is 16.0 Å². The maximum Gasteiger partial charge on any atom is 0.319 e. The van der Waals surface area contributed by atoms with Crippen LogP contribution < -0.4 is 16.0 Å². The first-order valence-corrected chi connectivity index (χ1v) is 7.68. The molecule has 1 aliphatic rings. The molecule has 7 heteroatoms. The van der Waals surface area contributed by atoms with Gasteiger partial charge in [0.25, 0.3) is 5.69 Å². The summed E-state index contributed by atoms with van der Waals surface area (Å²) in [6, 6.07) is 5.69. The van der Waals surface area contributed by atoms with Crippen LogP contribution in [0.3, 0.4) is 0 Å². The second-order valence-electron chi connectivity index (χ2n) is 7.37. The lowest BCUT2D eigenvalue weighted by atomic mass is 9.80. The number of piperidine rings is 1. The number of urea groups is 1. The van der Waals surface area contributed by atoms with Gasteiger partial charge in [-0.05, 0) is 46.6 Å². The Morgan fingerprint density at radius 3 is 2.35 bits per heavy atom. The zero-order valence-electron chi connectivity index (χ0n) is 14.0. The minimum atomic E-state index is -0.508. The van der Waals surface area contributed by atoms with E-state index in [1.54, 1.807) is 12.1 Å². The number of hydrogen-bond donors (Lipinski definition) is 3. The Labute approximate surface area is 136 Å². The molecular weight excluding hydrogens is 296 g/mol. The van der Waals surface area contributed by atoms with Crippen LogP contribution >= 0.6 is 0 Å². The highest BCUT2D eigenvalue weighted by molar-refractivity contribution is 5.91. The fourth-order valence-electron chi connectivity index (χ4n) is 3.51. The van der Waals surface area contributed by atoms with Gasteiger partial charge in [0.15, 0.2) is 0 Å². The number of benzene rings is 1. The molecule has 3 N–H and O–H groups in total. The van der Waals surface area contributed by atoms with Crippen LogP contribution in [0.5, 0.6) is 0 Å². The largest absolute Gasteiger partial charge is 0.335 e. The van der Waals surface area contributed by atoms with Crippen molar-refractivity contribution in [2.75, 3.05) is 5.32 Å². The average Bonchev–Trinajstić information content (AvgIpc) is 2.34. The Morgan fingerprint density at radius 1 is 1.22 bits per heavy atom. The van der Waals surface area contributed by atoms with Crippen LogP contribution in [0.4, 0.5) is 16.2 Å². The highest BCUT2D eigenvalue weighted by Crippen LogP contribution is 2.29. The molecule has 1 fully saturated rings. The minimum Gasteiger partial charge on any atom is -0.335 e. The summed E-state index contributed by atoms with van der Waals surface area (Å²) in [5, 5.41) is 20.1. The molecule has 1 aromatic carbocycles. The molecule has 0 unspecified atom stereocenters. The Hall–Kier alpha value is -2.15. The van der Waals surface area contributed by atoms with Crippen LogP contribution in [0.2, 0.25) is 0 Å². The number of hydrogen-bond acceptors (Lipinski definition) is 4. The summed E-state index contributed by atoms with van der Waals surface area (Å²) in [5.74, 6) is 0. The number of rotatable bonds is 3. The van der Waals surface area contributed by atoms with Crippen molar-refractivity contribution in [2.24, 2.45) is 0 Å². The Balaban J connectivity index is 2.04. The summed E-state index contributed by atoms with van der Waals surface area (Å²) in [6.45, 7) is 8.40. The van der Waals surface area contributed by atoms with Gasteiger partial charge in [-0.2, -0.15) is 0 Å². The fraction of sp³-hybridized carbons (Fsp3) is 0.562. The number of nitro groups is 1. The molecule has 0 radical (unpaired) electrons. The van der Waals surface area contributed by atoms with E-state index in [4.69, 9.17) is 0 Å².